The topological polar surface area (TPSA) is 67.0 Å². The van der Waals surface area contributed by atoms with Gasteiger partial charge in [-0.25, -0.2) is 4.98 Å². The summed E-state index contributed by atoms with van der Waals surface area (Å²) >= 11 is 0. The van der Waals surface area contributed by atoms with Gasteiger partial charge in [0.1, 0.15) is 6.61 Å². The van der Waals surface area contributed by atoms with Crippen LogP contribution in [-0.4, -0.2) is 29.1 Å². The molecular formula is C13H21N3O2. The van der Waals surface area contributed by atoms with Crippen LogP contribution in [0.15, 0.2) is 6.20 Å². The summed E-state index contributed by atoms with van der Waals surface area (Å²) in [5.74, 6) is 0.996. The van der Waals surface area contributed by atoms with Gasteiger partial charge in [-0.1, -0.05) is 19.8 Å². The second-order valence-electron chi connectivity index (χ2n) is 4.77. The van der Waals surface area contributed by atoms with Crippen LogP contribution in [0, 0.1) is 0 Å². The number of carbonyl (C=O) groups excluding carboxylic acids is 1. The second kappa shape index (κ2) is 6.54. The van der Waals surface area contributed by atoms with E-state index in [0.717, 1.165) is 25.0 Å². The van der Waals surface area contributed by atoms with E-state index in [2.05, 4.69) is 22.2 Å². The van der Waals surface area contributed by atoms with E-state index in [4.69, 9.17) is 4.74 Å². The van der Waals surface area contributed by atoms with Gasteiger partial charge in [0.15, 0.2) is 0 Å². The number of nitrogens with one attached hydrogen (secondary N) is 2. The molecule has 5 nitrogen and oxygen atoms in total. The maximum absolute atomic E-state index is 11.5. The van der Waals surface area contributed by atoms with Crippen molar-refractivity contribution in [2.45, 2.75) is 44.9 Å². The zero-order chi connectivity index (χ0) is 12.8. The highest BCUT2D eigenvalue weighted by Crippen LogP contribution is 2.39. The van der Waals surface area contributed by atoms with Crippen LogP contribution in [-0.2, 0) is 9.53 Å². The molecule has 2 N–H and O–H groups in total. The fraction of sp³-hybridized carbons (Fsp3) is 0.692. The third-order valence-electron chi connectivity index (χ3n) is 3.00. The Morgan fingerprint density at radius 1 is 1.56 bits per heavy atom. The number of aromatic nitrogens is 2. The smallest absolute Gasteiger partial charge is 0.252 e. The van der Waals surface area contributed by atoms with Crippen molar-refractivity contribution in [1.82, 2.24) is 9.97 Å². The minimum atomic E-state index is -0.150. The van der Waals surface area contributed by atoms with Gasteiger partial charge in [0.2, 0.25) is 5.95 Å². The van der Waals surface area contributed by atoms with Crippen molar-refractivity contribution in [1.29, 1.82) is 0 Å². The molecule has 5 heteroatoms. The number of hydrogen-bond acceptors (Lipinski definition) is 3. The molecule has 0 bridgehead atoms. The average molecular weight is 251 g/mol. The van der Waals surface area contributed by atoms with Crippen LogP contribution in [0.1, 0.15) is 50.6 Å². The van der Waals surface area contributed by atoms with Gasteiger partial charge >= 0.3 is 0 Å². The van der Waals surface area contributed by atoms with Crippen molar-refractivity contribution < 1.29 is 9.53 Å². The molecule has 1 amide bonds. The van der Waals surface area contributed by atoms with Crippen LogP contribution in [0.5, 0.6) is 0 Å². The summed E-state index contributed by atoms with van der Waals surface area (Å²) in [5, 5.41) is 2.71. The normalized spacial score (nSPS) is 14.7. The third-order valence-corrected chi connectivity index (χ3v) is 3.00. The zero-order valence-corrected chi connectivity index (χ0v) is 10.9. The Morgan fingerprint density at radius 2 is 2.39 bits per heavy atom. The predicted molar refractivity (Wildman–Crippen MR) is 69.5 cm³/mol. The first-order chi connectivity index (χ1) is 8.79. The average Bonchev–Trinajstić information content (AvgIpc) is 3.11. The molecule has 1 saturated carbocycles. The van der Waals surface area contributed by atoms with Gasteiger partial charge in [-0.05, 0) is 19.3 Å². The maximum atomic E-state index is 11.5. The number of unbranched alkanes of at least 4 members (excludes halogenated alkanes) is 2. The van der Waals surface area contributed by atoms with E-state index in [1.807, 2.05) is 0 Å². The number of amides is 1. The lowest BCUT2D eigenvalue weighted by atomic mass is 10.3. The first-order valence-electron chi connectivity index (χ1n) is 6.72. The summed E-state index contributed by atoms with van der Waals surface area (Å²) in [7, 11) is 0. The summed E-state index contributed by atoms with van der Waals surface area (Å²) in [4.78, 5) is 18.8. The summed E-state index contributed by atoms with van der Waals surface area (Å²) in [6.45, 7) is 2.89. The molecule has 0 unspecified atom stereocenters. The Labute approximate surface area is 107 Å². The van der Waals surface area contributed by atoms with E-state index >= 15 is 0 Å². The summed E-state index contributed by atoms with van der Waals surface area (Å²) in [5.41, 5.74) is 1.12. The highest BCUT2D eigenvalue weighted by Gasteiger charge is 2.25. The van der Waals surface area contributed by atoms with Crippen LogP contribution in [0.3, 0.4) is 0 Å². The number of hydrogen-bond donors (Lipinski definition) is 2. The largest absolute Gasteiger partial charge is 0.372 e. The Morgan fingerprint density at radius 3 is 3.11 bits per heavy atom. The molecule has 0 spiro atoms. The highest BCUT2D eigenvalue weighted by atomic mass is 16.5. The number of rotatable bonds is 8. The molecular weight excluding hydrogens is 230 g/mol. The molecule has 100 valence electrons. The number of carbonyl (C=O) groups is 1. The lowest BCUT2D eigenvalue weighted by Crippen LogP contribution is -2.19. The van der Waals surface area contributed by atoms with Gasteiger partial charge in [0.25, 0.3) is 5.91 Å². The van der Waals surface area contributed by atoms with E-state index < -0.39 is 0 Å². The molecule has 1 heterocycles. The molecule has 1 fully saturated rings. The van der Waals surface area contributed by atoms with Crippen molar-refractivity contribution in [3.05, 3.63) is 11.9 Å². The van der Waals surface area contributed by atoms with E-state index in [9.17, 15) is 4.79 Å². The quantitative estimate of drug-likeness (QED) is 0.697. The Kier molecular flexibility index (Phi) is 4.75. The lowest BCUT2D eigenvalue weighted by molar-refractivity contribution is -0.120. The molecule has 0 atom stereocenters. The number of aromatic amines is 1. The van der Waals surface area contributed by atoms with Gasteiger partial charge in [-0.2, -0.15) is 0 Å². The molecule has 0 aliphatic heterocycles. The Bertz CT molecular complexity index is 385. The van der Waals surface area contributed by atoms with Crippen LogP contribution >= 0.6 is 0 Å². The monoisotopic (exact) mass is 251 g/mol. The number of H-pyrrole nitrogens is 1. The van der Waals surface area contributed by atoms with Gasteiger partial charge in [-0.3, -0.25) is 10.1 Å². The number of anilines is 1. The van der Waals surface area contributed by atoms with Gasteiger partial charge in [-0.15, -0.1) is 0 Å². The molecule has 18 heavy (non-hydrogen) atoms. The second-order valence-corrected chi connectivity index (χ2v) is 4.77. The minimum absolute atomic E-state index is 0.100. The molecule has 0 radical (unpaired) electrons. The first-order valence-corrected chi connectivity index (χ1v) is 6.72. The summed E-state index contributed by atoms with van der Waals surface area (Å²) < 4.78 is 5.28. The molecule has 1 aliphatic rings. The molecule has 1 aromatic heterocycles. The zero-order valence-electron chi connectivity index (χ0n) is 10.9. The van der Waals surface area contributed by atoms with E-state index in [-0.39, 0.29) is 12.5 Å². The Hall–Kier alpha value is -1.36. The maximum Gasteiger partial charge on any atom is 0.252 e. The standard InChI is InChI=1S/C13H21N3O2/c1-2-3-4-7-18-9-12(17)16-13-14-8-11(15-13)10-5-6-10/h8,10H,2-7,9H2,1H3,(H2,14,15,16,17). The van der Waals surface area contributed by atoms with Crippen molar-refractivity contribution in [3.8, 4) is 0 Å². The van der Waals surface area contributed by atoms with Crippen molar-refractivity contribution in [2.75, 3.05) is 18.5 Å². The van der Waals surface area contributed by atoms with Crippen LogP contribution in [0.4, 0.5) is 5.95 Å². The lowest BCUT2D eigenvalue weighted by Gasteiger charge is -2.03. The fourth-order valence-corrected chi connectivity index (χ4v) is 1.79. The summed E-state index contributed by atoms with van der Waals surface area (Å²) in [6, 6.07) is 0. The molecule has 0 saturated heterocycles. The van der Waals surface area contributed by atoms with Gasteiger partial charge < -0.3 is 9.72 Å². The highest BCUT2D eigenvalue weighted by molar-refractivity contribution is 5.89. The van der Waals surface area contributed by atoms with Gasteiger partial charge in [0.05, 0.1) is 6.20 Å². The third kappa shape index (κ3) is 4.14. The Balaban J connectivity index is 1.63. The van der Waals surface area contributed by atoms with Crippen molar-refractivity contribution in [3.63, 3.8) is 0 Å². The molecule has 1 aromatic rings. The SMILES string of the molecule is CCCCCOCC(=O)Nc1ncc(C2CC2)[nH]1. The van der Waals surface area contributed by atoms with Crippen molar-refractivity contribution in [2.24, 2.45) is 0 Å². The van der Waals surface area contributed by atoms with E-state index in [1.54, 1.807) is 6.20 Å². The van der Waals surface area contributed by atoms with Crippen LogP contribution in [0.25, 0.3) is 0 Å². The van der Waals surface area contributed by atoms with Crippen molar-refractivity contribution >= 4 is 11.9 Å². The number of imidazole rings is 1. The fourth-order valence-electron chi connectivity index (χ4n) is 1.79. The molecule has 1 aliphatic carbocycles. The minimum Gasteiger partial charge on any atom is -0.372 e. The van der Waals surface area contributed by atoms with Crippen LogP contribution < -0.4 is 5.32 Å². The summed E-state index contributed by atoms with van der Waals surface area (Å²) in [6.07, 6.45) is 7.55. The van der Waals surface area contributed by atoms with Gasteiger partial charge in [0, 0.05) is 18.2 Å². The van der Waals surface area contributed by atoms with E-state index in [0.29, 0.717) is 18.5 Å². The van der Waals surface area contributed by atoms with Crippen LogP contribution in [0.2, 0.25) is 0 Å². The predicted octanol–water partition coefficient (Wildman–Crippen LogP) is 2.43. The molecule has 0 aromatic carbocycles. The number of ether oxygens (including phenoxy) is 1. The number of nitrogens with zero attached hydrogens (tertiary/aromatic N) is 1. The first kappa shape index (κ1) is 13.1. The molecule has 2 rings (SSSR count). The van der Waals surface area contributed by atoms with E-state index in [1.165, 1.54) is 12.8 Å².